The molecule has 1 aliphatic carbocycles. The standard InChI is InChI=1S/C15H18FN3O2.ClH/c1-20-12-5-3-10(9-11(12)16)4-6-13-18-14(19-21-13)15(17)7-2-8-15;/h3,5,9H,2,4,6-8,17H2,1H3;1H. The Morgan fingerprint density at radius 2 is 2.14 bits per heavy atom. The normalized spacial score (nSPS) is 15.8. The lowest BCUT2D eigenvalue weighted by molar-refractivity contribution is 0.229. The van der Waals surface area contributed by atoms with Gasteiger partial charge in [0.05, 0.1) is 12.6 Å². The van der Waals surface area contributed by atoms with E-state index >= 15 is 0 Å². The number of benzene rings is 1. The SMILES string of the molecule is COc1ccc(CCc2nc(C3(N)CCC3)no2)cc1F.Cl. The van der Waals surface area contributed by atoms with Gasteiger partial charge in [-0.1, -0.05) is 11.2 Å². The van der Waals surface area contributed by atoms with Crippen LogP contribution < -0.4 is 10.5 Å². The van der Waals surface area contributed by atoms with E-state index in [-0.39, 0.29) is 24.0 Å². The highest BCUT2D eigenvalue weighted by Crippen LogP contribution is 2.36. The summed E-state index contributed by atoms with van der Waals surface area (Å²) in [6, 6.07) is 4.91. The number of rotatable bonds is 5. The fourth-order valence-electron chi connectivity index (χ4n) is 2.46. The van der Waals surface area contributed by atoms with Gasteiger partial charge in [0.1, 0.15) is 0 Å². The molecule has 1 aromatic carbocycles. The van der Waals surface area contributed by atoms with Crippen LogP contribution >= 0.6 is 12.4 Å². The predicted octanol–water partition coefficient (Wildman–Crippen LogP) is 2.76. The summed E-state index contributed by atoms with van der Waals surface area (Å²) in [6.45, 7) is 0. The molecule has 5 nitrogen and oxygen atoms in total. The van der Waals surface area contributed by atoms with Crippen molar-refractivity contribution in [2.45, 2.75) is 37.6 Å². The van der Waals surface area contributed by atoms with E-state index in [9.17, 15) is 4.39 Å². The Bertz CT molecular complexity index is 643. The lowest BCUT2D eigenvalue weighted by Gasteiger charge is -2.34. The third kappa shape index (κ3) is 3.23. The van der Waals surface area contributed by atoms with Gasteiger partial charge in [-0.2, -0.15) is 4.98 Å². The van der Waals surface area contributed by atoms with Crippen molar-refractivity contribution in [1.82, 2.24) is 10.1 Å². The minimum Gasteiger partial charge on any atom is -0.494 e. The van der Waals surface area contributed by atoms with Crippen molar-refractivity contribution >= 4 is 12.4 Å². The first kappa shape index (κ1) is 16.7. The van der Waals surface area contributed by atoms with E-state index < -0.39 is 5.54 Å². The first-order chi connectivity index (χ1) is 10.1. The number of nitrogens with two attached hydrogens (primary N) is 1. The maximum absolute atomic E-state index is 13.6. The summed E-state index contributed by atoms with van der Waals surface area (Å²) in [4.78, 5) is 4.35. The third-order valence-electron chi connectivity index (χ3n) is 4.00. The van der Waals surface area contributed by atoms with Crippen molar-refractivity contribution < 1.29 is 13.7 Å². The van der Waals surface area contributed by atoms with Crippen LogP contribution in [0.2, 0.25) is 0 Å². The van der Waals surface area contributed by atoms with Gasteiger partial charge in [-0.15, -0.1) is 12.4 Å². The van der Waals surface area contributed by atoms with Crippen LogP contribution in [0, 0.1) is 5.82 Å². The van der Waals surface area contributed by atoms with Crippen molar-refractivity contribution in [3.8, 4) is 5.75 Å². The van der Waals surface area contributed by atoms with Crippen LogP contribution in [0.3, 0.4) is 0 Å². The molecule has 1 fully saturated rings. The number of methoxy groups -OCH3 is 1. The van der Waals surface area contributed by atoms with Gasteiger partial charge in [-0.25, -0.2) is 4.39 Å². The fourth-order valence-corrected chi connectivity index (χ4v) is 2.46. The second kappa shape index (κ2) is 6.62. The van der Waals surface area contributed by atoms with E-state index in [1.54, 1.807) is 6.07 Å². The van der Waals surface area contributed by atoms with Gasteiger partial charge in [-0.3, -0.25) is 0 Å². The van der Waals surface area contributed by atoms with Crippen molar-refractivity contribution in [2.75, 3.05) is 7.11 Å². The summed E-state index contributed by atoms with van der Waals surface area (Å²) in [5.41, 5.74) is 6.60. The quantitative estimate of drug-likeness (QED) is 0.914. The summed E-state index contributed by atoms with van der Waals surface area (Å²) >= 11 is 0. The number of hydrogen-bond donors (Lipinski definition) is 1. The lowest BCUT2D eigenvalue weighted by atomic mass is 9.77. The highest BCUT2D eigenvalue weighted by atomic mass is 35.5. The zero-order valence-electron chi connectivity index (χ0n) is 12.3. The van der Waals surface area contributed by atoms with E-state index in [2.05, 4.69) is 10.1 Å². The van der Waals surface area contributed by atoms with Crippen molar-refractivity contribution in [1.29, 1.82) is 0 Å². The highest BCUT2D eigenvalue weighted by Gasteiger charge is 2.38. The zero-order chi connectivity index (χ0) is 14.9. The fraction of sp³-hybridized carbons (Fsp3) is 0.467. The molecule has 1 saturated carbocycles. The number of nitrogens with zero attached hydrogens (tertiary/aromatic N) is 2. The van der Waals surface area contributed by atoms with Crippen LogP contribution in [0.5, 0.6) is 5.75 Å². The third-order valence-corrected chi connectivity index (χ3v) is 4.00. The number of aromatic nitrogens is 2. The Morgan fingerprint density at radius 3 is 2.73 bits per heavy atom. The largest absolute Gasteiger partial charge is 0.494 e. The Hall–Kier alpha value is -1.66. The molecule has 0 amide bonds. The summed E-state index contributed by atoms with van der Waals surface area (Å²) in [5, 5.41) is 3.96. The molecule has 2 aromatic rings. The molecular weight excluding hydrogens is 309 g/mol. The molecule has 1 aromatic heterocycles. The molecule has 0 aliphatic heterocycles. The summed E-state index contributed by atoms with van der Waals surface area (Å²) < 4.78 is 23.7. The number of halogens is 2. The number of ether oxygens (including phenoxy) is 1. The molecule has 0 saturated heterocycles. The molecule has 7 heteroatoms. The molecular formula is C15H19ClFN3O2. The zero-order valence-corrected chi connectivity index (χ0v) is 13.2. The topological polar surface area (TPSA) is 74.2 Å². The van der Waals surface area contributed by atoms with Crippen LogP contribution in [0.25, 0.3) is 0 Å². The Balaban J connectivity index is 0.00000176. The molecule has 0 unspecified atom stereocenters. The summed E-state index contributed by atoms with van der Waals surface area (Å²) in [6.07, 6.45) is 4.09. The molecule has 120 valence electrons. The maximum Gasteiger partial charge on any atom is 0.227 e. The highest BCUT2D eigenvalue weighted by molar-refractivity contribution is 5.85. The van der Waals surface area contributed by atoms with E-state index in [0.29, 0.717) is 24.6 Å². The molecule has 0 atom stereocenters. The predicted molar refractivity (Wildman–Crippen MR) is 81.6 cm³/mol. The molecule has 0 bridgehead atoms. The van der Waals surface area contributed by atoms with Gasteiger partial charge >= 0.3 is 0 Å². The minimum atomic E-state index is -0.409. The molecule has 22 heavy (non-hydrogen) atoms. The lowest BCUT2D eigenvalue weighted by Crippen LogP contribution is -2.44. The average molecular weight is 328 g/mol. The molecule has 0 radical (unpaired) electrons. The maximum atomic E-state index is 13.6. The molecule has 1 heterocycles. The van der Waals surface area contributed by atoms with Crippen LogP contribution in [0.1, 0.15) is 36.5 Å². The van der Waals surface area contributed by atoms with Gasteiger partial charge in [0, 0.05) is 6.42 Å². The summed E-state index contributed by atoms with van der Waals surface area (Å²) in [5.74, 6) is 1.01. The smallest absolute Gasteiger partial charge is 0.227 e. The van der Waals surface area contributed by atoms with Gasteiger partial charge in [0.15, 0.2) is 17.4 Å². The van der Waals surface area contributed by atoms with Crippen LogP contribution in [-0.2, 0) is 18.4 Å². The Labute approximate surface area is 134 Å². The van der Waals surface area contributed by atoms with E-state index in [1.807, 2.05) is 6.07 Å². The van der Waals surface area contributed by atoms with Gasteiger partial charge in [-0.05, 0) is 43.4 Å². The van der Waals surface area contributed by atoms with Gasteiger partial charge in [0.25, 0.3) is 0 Å². The molecule has 3 rings (SSSR count). The number of hydrogen-bond acceptors (Lipinski definition) is 5. The van der Waals surface area contributed by atoms with Crippen molar-refractivity contribution in [3.63, 3.8) is 0 Å². The number of aryl methyl sites for hydroxylation is 2. The molecule has 0 spiro atoms. The molecule has 1 aliphatic rings. The van der Waals surface area contributed by atoms with Gasteiger partial charge in [0.2, 0.25) is 5.89 Å². The van der Waals surface area contributed by atoms with E-state index in [4.69, 9.17) is 15.0 Å². The second-order valence-electron chi connectivity index (χ2n) is 5.49. The monoisotopic (exact) mass is 327 g/mol. The Kier molecular flexibility index (Phi) is 5.03. The minimum absolute atomic E-state index is 0. The first-order valence-corrected chi connectivity index (χ1v) is 7.05. The van der Waals surface area contributed by atoms with E-state index in [1.165, 1.54) is 13.2 Å². The molecule has 2 N–H and O–H groups in total. The van der Waals surface area contributed by atoms with Gasteiger partial charge < -0.3 is 15.0 Å². The van der Waals surface area contributed by atoms with Crippen LogP contribution in [-0.4, -0.2) is 17.3 Å². The summed E-state index contributed by atoms with van der Waals surface area (Å²) in [7, 11) is 1.45. The van der Waals surface area contributed by atoms with Crippen LogP contribution in [0.15, 0.2) is 22.7 Å². The average Bonchev–Trinajstić information content (AvgIpc) is 2.92. The van der Waals surface area contributed by atoms with Crippen LogP contribution in [0.4, 0.5) is 4.39 Å². The van der Waals surface area contributed by atoms with E-state index in [0.717, 1.165) is 24.8 Å². The van der Waals surface area contributed by atoms with Crippen molar-refractivity contribution in [3.05, 3.63) is 41.3 Å². The Morgan fingerprint density at radius 1 is 1.36 bits per heavy atom. The van der Waals surface area contributed by atoms with Crippen molar-refractivity contribution in [2.24, 2.45) is 5.73 Å². The second-order valence-corrected chi connectivity index (χ2v) is 5.49. The first-order valence-electron chi connectivity index (χ1n) is 7.05.